The summed E-state index contributed by atoms with van der Waals surface area (Å²) >= 11 is 0. The third kappa shape index (κ3) is 3.30. The van der Waals surface area contributed by atoms with Crippen molar-refractivity contribution in [1.29, 1.82) is 0 Å². The number of ether oxygens (including phenoxy) is 1. The van der Waals surface area contributed by atoms with E-state index in [2.05, 4.69) is 19.2 Å². The van der Waals surface area contributed by atoms with Crippen molar-refractivity contribution in [2.24, 2.45) is 0 Å². The molecule has 1 saturated heterocycles. The van der Waals surface area contributed by atoms with Gasteiger partial charge in [-0.05, 0) is 38.8 Å². The highest BCUT2D eigenvalue weighted by Gasteiger charge is 2.36. The van der Waals surface area contributed by atoms with E-state index in [-0.39, 0.29) is 22.3 Å². The molecule has 104 valence electrons. The molecule has 1 aromatic carbocycles. The molecule has 1 aromatic rings. The van der Waals surface area contributed by atoms with Gasteiger partial charge in [-0.3, -0.25) is 10.1 Å². The number of nitro groups is 1. The van der Waals surface area contributed by atoms with Crippen molar-refractivity contribution in [1.82, 2.24) is 5.32 Å². The van der Waals surface area contributed by atoms with Gasteiger partial charge in [-0.15, -0.1) is 0 Å². The van der Waals surface area contributed by atoms with Gasteiger partial charge in [-0.25, -0.2) is 0 Å². The molecule has 0 bridgehead atoms. The van der Waals surface area contributed by atoms with Gasteiger partial charge >= 0.3 is 0 Å². The van der Waals surface area contributed by atoms with Gasteiger partial charge < -0.3 is 10.1 Å². The molecule has 0 aliphatic carbocycles. The summed E-state index contributed by atoms with van der Waals surface area (Å²) in [7, 11) is 0. The predicted molar refractivity (Wildman–Crippen MR) is 73.2 cm³/mol. The molecule has 1 aliphatic heterocycles. The van der Waals surface area contributed by atoms with Gasteiger partial charge in [-0.1, -0.05) is 12.1 Å². The second-order valence-electron chi connectivity index (χ2n) is 5.28. The minimum absolute atomic E-state index is 0.0424. The SMILES string of the molecule is CC1OCCC1(C)NCCc1ccc([N+](=O)[O-])cc1. The van der Waals surface area contributed by atoms with Crippen LogP contribution in [0.4, 0.5) is 5.69 Å². The van der Waals surface area contributed by atoms with E-state index in [0.717, 1.165) is 31.6 Å². The Bertz CT molecular complexity index is 447. The van der Waals surface area contributed by atoms with Gasteiger partial charge in [0.25, 0.3) is 5.69 Å². The van der Waals surface area contributed by atoms with Crippen LogP contribution in [0.25, 0.3) is 0 Å². The van der Waals surface area contributed by atoms with Crippen LogP contribution >= 0.6 is 0 Å². The molecule has 1 N–H and O–H groups in total. The first-order chi connectivity index (χ1) is 9.01. The number of nitro benzene ring substituents is 1. The summed E-state index contributed by atoms with van der Waals surface area (Å²) in [5.41, 5.74) is 1.29. The quantitative estimate of drug-likeness (QED) is 0.654. The number of benzene rings is 1. The molecule has 0 radical (unpaired) electrons. The lowest BCUT2D eigenvalue weighted by atomic mass is 9.94. The van der Waals surface area contributed by atoms with Crippen LogP contribution in [0.15, 0.2) is 24.3 Å². The fourth-order valence-corrected chi connectivity index (χ4v) is 2.34. The molecule has 5 heteroatoms. The Labute approximate surface area is 113 Å². The van der Waals surface area contributed by atoms with Crippen LogP contribution in [0.5, 0.6) is 0 Å². The molecule has 1 fully saturated rings. The second kappa shape index (κ2) is 5.67. The van der Waals surface area contributed by atoms with Gasteiger partial charge in [0, 0.05) is 24.3 Å². The van der Waals surface area contributed by atoms with Crippen molar-refractivity contribution in [2.45, 2.75) is 38.3 Å². The van der Waals surface area contributed by atoms with Crippen LogP contribution in [-0.4, -0.2) is 29.7 Å². The number of hydrogen-bond donors (Lipinski definition) is 1. The number of hydrogen-bond acceptors (Lipinski definition) is 4. The fourth-order valence-electron chi connectivity index (χ4n) is 2.34. The minimum atomic E-state index is -0.374. The zero-order valence-electron chi connectivity index (χ0n) is 11.4. The fraction of sp³-hybridized carbons (Fsp3) is 0.571. The predicted octanol–water partition coefficient (Wildman–Crippen LogP) is 2.29. The van der Waals surface area contributed by atoms with Crippen LogP contribution in [0, 0.1) is 10.1 Å². The minimum Gasteiger partial charge on any atom is -0.377 e. The van der Waals surface area contributed by atoms with Crippen LogP contribution in [0.2, 0.25) is 0 Å². The number of rotatable bonds is 5. The molecular formula is C14H20N2O3. The maximum atomic E-state index is 10.6. The Morgan fingerprint density at radius 2 is 2.16 bits per heavy atom. The van der Waals surface area contributed by atoms with E-state index in [1.807, 2.05) is 12.1 Å². The molecule has 19 heavy (non-hydrogen) atoms. The van der Waals surface area contributed by atoms with Crippen molar-refractivity contribution in [3.05, 3.63) is 39.9 Å². The summed E-state index contributed by atoms with van der Waals surface area (Å²) in [4.78, 5) is 10.2. The average Bonchev–Trinajstić information content (AvgIpc) is 2.70. The molecular weight excluding hydrogens is 244 g/mol. The maximum Gasteiger partial charge on any atom is 0.269 e. The van der Waals surface area contributed by atoms with E-state index >= 15 is 0 Å². The highest BCUT2D eigenvalue weighted by molar-refractivity contribution is 5.32. The van der Waals surface area contributed by atoms with Gasteiger partial charge in [0.2, 0.25) is 0 Å². The zero-order valence-corrected chi connectivity index (χ0v) is 11.4. The third-order valence-electron chi connectivity index (χ3n) is 3.98. The molecule has 0 saturated carbocycles. The Balaban J connectivity index is 1.84. The molecule has 0 aromatic heterocycles. The summed E-state index contributed by atoms with van der Waals surface area (Å²) in [6.45, 7) is 5.93. The molecule has 2 rings (SSSR count). The maximum absolute atomic E-state index is 10.6. The van der Waals surface area contributed by atoms with Crippen LogP contribution < -0.4 is 5.32 Å². The standard InChI is InChI=1S/C14H20N2O3/c1-11-14(2,8-10-19-11)15-9-7-12-3-5-13(6-4-12)16(17)18/h3-6,11,15H,7-10H2,1-2H3. The first kappa shape index (κ1) is 14.0. The van der Waals surface area contributed by atoms with Crippen molar-refractivity contribution in [2.75, 3.05) is 13.2 Å². The average molecular weight is 264 g/mol. The molecule has 0 spiro atoms. The molecule has 1 aliphatic rings. The summed E-state index contributed by atoms with van der Waals surface area (Å²) in [6.07, 6.45) is 2.11. The van der Waals surface area contributed by atoms with Crippen LogP contribution in [0.1, 0.15) is 25.8 Å². The van der Waals surface area contributed by atoms with E-state index < -0.39 is 0 Å². The summed E-state index contributed by atoms with van der Waals surface area (Å²) in [5.74, 6) is 0. The molecule has 2 atom stereocenters. The van der Waals surface area contributed by atoms with Gasteiger partial charge in [0.15, 0.2) is 0 Å². The first-order valence-corrected chi connectivity index (χ1v) is 6.61. The van der Waals surface area contributed by atoms with Crippen molar-refractivity contribution >= 4 is 5.69 Å². The largest absolute Gasteiger partial charge is 0.377 e. The summed E-state index contributed by atoms with van der Waals surface area (Å²) in [6, 6.07) is 6.74. The number of non-ortho nitro benzene ring substituents is 1. The first-order valence-electron chi connectivity index (χ1n) is 6.61. The van der Waals surface area contributed by atoms with Crippen molar-refractivity contribution < 1.29 is 9.66 Å². The monoisotopic (exact) mass is 264 g/mol. The molecule has 1 heterocycles. The highest BCUT2D eigenvalue weighted by Crippen LogP contribution is 2.24. The van der Waals surface area contributed by atoms with Crippen LogP contribution in [-0.2, 0) is 11.2 Å². The normalized spacial score (nSPS) is 26.5. The lowest BCUT2D eigenvalue weighted by molar-refractivity contribution is -0.384. The lowest BCUT2D eigenvalue weighted by Crippen LogP contribution is -2.48. The Hall–Kier alpha value is -1.46. The Kier molecular flexibility index (Phi) is 4.17. The Morgan fingerprint density at radius 3 is 2.68 bits per heavy atom. The van der Waals surface area contributed by atoms with Crippen molar-refractivity contribution in [3.63, 3.8) is 0 Å². The van der Waals surface area contributed by atoms with E-state index in [9.17, 15) is 10.1 Å². The van der Waals surface area contributed by atoms with Gasteiger partial charge in [0.1, 0.15) is 0 Å². The van der Waals surface area contributed by atoms with E-state index in [1.54, 1.807) is 12.1 Å². The highest BCUT2D eigenvalue weighted by atomic mass is 16.6. The molecule has 2 unspecified atom stereocenters. The van der Waals surface area contributed by atoms with E-state index in [4.69, 9.17) is 4.74 Å². The van der Waals surface area contributed by atoms with Gasteiger partial charge in [0.05, 0.1) is 11.0 Å². The summed E-state index contributed by atoms with van der Waals surface area (Å²) < 4.78 is 5.58. The molecule has 0 amide bonds. The Morgan fingerprint density at radius 1 is 1.47 bits per heavy atom. The number of nitrogens with zero attached hydrogens (tertiary/aromatic N) is 1. The summed E-state index contributed by atoms with van der Waals surface area (Å²) in [5, 5.41) is 14.1. The number of nitrogens with one attached hydrogen (secondary N) is 1. The van der Waals surface area contributed by atoms with Crippen molar-refractivity contribution in [3.8, 4) is 0 Å². The lowest BCUT2D eigenvalue weighted by Gasteiger charge is -2.29. The zero-order chi connectivity index (χ0) is 13.9. The third-order valence-corrected chi connectivity index (χ3v) is 3.98. The smallest absolute Gasteiger partial charge is 0.269 e. The van der Waals surface area contributed by atoms with E-state index in [1.165, 1.54) is 0 Å². The van der Waals surface area contributed by atoms with Crippen LogP contribution in [0.3, 0.4) is 0 Å². The van der Waals surface area contributed by atoms with E-state index in [0.29, 0.717) is 0 Å². The molecule has 5 nitrogen and oxygen atoms in total. The second-order valence-corrected chi connectivity index (χ2v) is 5.28. The van der Waals surface area contributed by atoms with Gasteiger partial charge in [-0.2, -0.15) is 0 Å². The topological polar surface area (TPSA) is 64.4 Å².